The summed E-state index contributed by atoms with van der Waals surface area (Å²) >= 11 is 3.50. The maximum atomic E-state index is 11.6. The number of benzene rings is 1. The van der Waals surface area contributed by atoms with E-state index in [0.29, 0.717) is 6.54 Å². The van der Waals surface area contributed by atoms with E-state index >= 15 is 0 Å². The minimum Gasteiger partial charge on any atom is -0.362 e. The topological polar surface area (TPSA) is 44.4 Å². The number of amides is 1. The van der Waals surface area contributed by atoms with E-state index in [9.17, 15) is 4.79 Å². The lowest BCUT2D eigenvalue weighted by atomic mass is 10.1. The molecule has 2 N–H and O–H groups in total. The summed E-state index contributed by atoms with van der Waals surface area (Å²) in [5.74, 6) is 0.0313. The van der Waals surface area contributed by atoms with Crippen molar-refractivity contribution in [2.24, 2.45) is 0 Å². The highest BCUT2D eigenvalue weighted by atomic mass is 79.9. The lowest BCUT2D eigenvalue weighted by Crippen LogP contribution is -2.36. The van der Waals surface area contributed by atoms with Crippen molar-refractivity contribution in [3.63, 3.8) is 0 Å². The number of hydrogen-bond donors (Lipinski definition) is 2. The number of nitrogens with one attached hydrogen (secondary N) is 2. The van der Waals surface area contributed by atoms with E-state index in [1.807, 2.05) is 13.1 Å². The first-order valence-corrected chi connectivity index (χ1v) is 7.30. The van der Waals surface area contributed by atoms with Gasteiger partial charge in [0.1, 0.15) is 0 Å². The van der Waals surface area contributed by atoms with Crippen LogP contribution in [0.1, 0.15) is 18.9 Å². The first-order valence-electron chi connectivity index (χ1n) is 6.50. The van der Waals surface area contributed by atoms with E-state index in [1.165, 1.54) is 5.56 Å². The summed E-state index contributed by atoms with van der Waals surface area (Å²) in [6, 6.07) is 6.19. The highest BCUT2D eigenvalue weighted by molar-refractivity contribution is 9.10. The standard InChI is InChI=1S/C14H22BrN3O/c1-4-7-18(10-14(19)17-3)13-8-12(15)6-5-11(13)9-16-2/h5-6,8,16H,4,7,9-10H2,1-3H3,(H,17,19). The molecule has 106 valence electrons. The molecule has 0 saturated carbocycles. The Labute approximate surface area is 123 Å². The predicted molar refractivity (Wildman–Crippen MR) is 83.5 cm³/mol. The number of rotatable bonds is 7. The molecule has 1 aromatic rings. The Kier molecular flexibility index (Phi) is 6.87. The van der Waals surface area contributed by atoms with E-state index in [1.54, 1.807) is 7.05 Å². The molecule has 0 bridgehead atoms. The Morgan fingerprint density at radius 3 is 2.68 bits per heavy atom. The second-order valence-electron chi connectivity index (χ2n) is 4.40. The van der Waals surface area contributed by atoms with Crippen LogP contribution >= 0.6 is 15.9 Å². The number of halogens is 1. The van der Waals surface area contributed by atoms with Gasteiger partial charge in [0.25, 0.3) is 0 Å². The zero-order chi connectivity index (χ0) is 14.3. The smallest absolute Gasteiger partial charge is 0.239 e. The average molecular weight is 328 g/mol. The molecule has 0 saturated heterocycles. The lowest BCUT2D eigenvalue weighted by molar-refractivity contribution is -0.119. The van der Waals surface area contributed by atoms with Crippen LogP contribution in [0.15, 0.2) is 22.7 Å². The van der Waals surface area contributed by atoms with Gasteiger partial charge in [-0.1, -0.05) is 28.9 Å². The maximum absolute atomic E-state index is 11.6. The first kappa shape index (κ1) is 16.0. The Bertz CT molecular complexity index is 423. The maximum Gasteiger partial charge on any atom is 0.239 e. The molecule has 0 radical (unpaired) electrons. The fraction of sp³-hybridized carbons (Fsp3) is 0.500. The molecule has 19 heavy (non-hydrogen) atoms. The zero-order valence-corrected chi connectivity index (χ0v) is 13.4. The van der Waals surface area contributed by atoms with Crippen molar-refractivity contribution in [1.82, 2.24) is 10.6 Å². The van der Waals surface area contributed by atoms with Crippen LogP contribution in [0.25, 0.3) is 0 Å². The summed E-state index contributed by atoms with van der Waals surface area (Å²) in [5, 5.41) is 5.85. The summed E-state index contributed by atoms with van der Waals surface area (Å²) in [5.41, 5.74) is 2.30. The third-order valence-corrected chi connectivity index (χ3v) is 3.36. The molecule has 5 heteroatoms. The minimum atomic E-state index is 0.0313. The van der Waals surface area contributed by atoms with Gasteiger partial charge in [-0.15, -0.1) is 0 Å². The molecule has 0 fully saturated rings. The molecule has 0 aliphatic heterocycles. The van der Waals surface area contributed by atoms with Crippen molar-refractivity contribution in [2.75, 3.05) is 32.1 Å². The van der Waals surface area contributed by atoms with Gasteiger partial charge in [-0.2, -0.15) is 0 Å². The Morgan fingerprint density at radius 1 is 1.37 bits per heavy atom. The van der Waals surface area contributed by atoms with E-state index in [2.05, 4.69) is 50.5 Å². The predicted octanol–water partition coefficient (Wildman–Crippen LogP) is 2.13. The second kappa shape index (κ2) is 8.17. The summed E-state index contributed by atoms with van der Waals surface area (Å²) in [6.45, 7) is 4.15. The lowest BCUT2D eigenvalue weighted by Gasteiger charge is -2.26. The van der Waals surface area contributed by atoms with E-state index in [0.717, 1.165) is 29.7 Å². The third-order valence-electron chi connectivity index (χ3n) is 2.86. The fourth-order valence-electron chi connectivity index (χ4n) is 1.98. The average Bonchev–Trinajstić information content (AvgIpc) is 2.40. The van der Waals surface area contributed by atoms with Crippen molar-refractivity contribution in [3.8, 4) is 0 Å². The molecule has 4 nitrogen and oxygen atoms in total. The molecule has 0 spiro atoms. The normalized spacial score (nSPS) is 10.3. The van der Waals surface area contributed by atoms with Crippen LogP contribution in [0.5, 0.6) is 0 Å². The van der Waals surface area contributed by atoms with Crippen LogP contribution in [0.2, 0.25) is 0 Å². The molecule has 0 unspecified atom stereocenters. The molecular formula is C14H22BrN3O. The van der Waals surface area contributed by atoms with Crippen molar-refractivity contribution >= 4 is 27.5 Å². The van der Waals surface area contributed by atoms with Crippen LogP contribution in [0.4, 0.5) is 5.69 Å². The Morgan fingerprint density at radius 2 is 2.11 bits per heavy atom. The monoisotopic (exact) mass is 327 g/mol. The highest BCUT2D eigenvalue weighted by Crippen LogP contribution is 2.25. The summed E-state index contributed by atoms with van der Waals surface area (Å²) in [6.07, 6.45) is 1.00. The molecular weight excluding hydrogens is 306 g/mol. The van der Waals surface area contributed by atoms with Gasteiger partial charge in [0.05, 0.1) is 6.54 Å². The molecule has 1 amide bonds. The van der Waals surface area contributed by atoms with Crippen LogP contribution < -0.4 is 15.5 Å². The van der Waals surface area contributed by atoms with Crippen molar-refractivity contribution < 1.29 is 4.79 Å². The summed E-state index contributed by atoms with van der Waals surface area (Å²) in [4.78, 5) is 13.8. The summed E-state index contributed by atoms with van der Waals surface area (Å²) in [7, 11) is 3.59. The van der Waals surface area contributed by atoms with Gasteiger partial charge >= 0.3 is 0 Å². The van der Waals surface area contributed by atoms with Gasteiger partial charge in [-0.3, -0.25) is 4.79 Å². The van der Waals surface area contributed by atoms with Crippen molar-refractivity contribution in [1.29, 1.82) is 0 Å². The number of hydrogen-bond acceptors (Lipinski definition) is 3. The van der Waals surface area contributed by atoms with Crippen LogP contribution in [0.3, 0.4) is 0 Å². The molecule has 0 heterocycles. The number of nitrogens with zero attached hydrogens (tertiary/aromatic N) is 1. The molecule has 0 aliphatic rings. The van der Waals surface area contributed by atoms with Gasteiger partial charge in [0, 0.05) is 30.3 Å². The van der Waals surface area contributed by atoms with Crippen LogP contribution in [-0.4, -0.2) is 33.1 Å². The first-order chi connectivity index (χ1) is 9.12. The van der Waals surface area contributed by atoms with Gasteiger partial charge < -0.3 is 15.5 Å². The highest BCUT2D eigenvalue weighted by Gasteiger charge is 2.13. The molecule has 0 aromatic heterocycles. The van der Waals surface area contributed by atoms with E-state index < -0.39 is 0 Å². The minimum absolute atomic E-state index is 0.0313. The number of carbonyl (C=O) groups is 1. The zero-order valence-electron chi connectivity index (χ0n) is 11.8. The Hall–Kier alpha value is -1.07. The molecule has 1 aromatic carbocycles. The van der Waals surface area contributed by atoms with Gasteiger partial charge in [-0.05, 0) is 31.2 Å². The molecule has 0 atom stereocenters. The van der Waals surface area contributed by atoms with Gasteiger partial charge in [0.15, 0.2) is 0 Å². The second-order valence-corrected chi connectivity index (χ2v) is 5.31. The summed E-state index contributed by atoms with van der Waals surface area (Å²) < 4.78 is 1.03. The number of likely N-dealkylation sites (N-methyl/N-ethyl adjacent to an activating group) is 1. The van der Waals surface area contributed by atoms with Gasteiger partial charge in [0.2, 0.25) is 5.91 Å². The quantitative estimate of drug-likeness (QED) is 0.806. The largest absolute Gasteiger partial charge is 0.362 e. The van der Waals surface area contributed by atoms with Gasteiger partial charge in [-0.25, -0.2) is 0 Å². The number of anilines is 1. The molecule has 0 aliphatic carbocycles. The van der Waals surface area contributed by atoms with Crippen molar-refractivity contribution in [2.45, 2.75) is 19.9 Å². The number of carbonyl (C=O) groups excluding carboxylic acids is 1. The van der Waals surface area contributed by atoms with Crippen molar-refractivity contribution in [3.05, 3.63) is 28.2 Å². The van der Waals surface area contributed by atoms with E-state index in [-0.39, 0.29) is 5.91 Å². The van der Waals surface area contributed by atoms with E-state index in [4.69, 9.17) is 0 Å². The van der Waals surface area contributed by atoms with Crippen LogP contribution in [0, 0.1) is 0 Å². The fourth-order valence-corrected chi connectivity index (χ4v) is 2.33. The molecule has 1 rings (SSSR count). The van der Waals surface area contributed by atoms with Crippen LogP contribution in [-0.2, 0) is 11.3 Å². The Balaban J connectivity index is 3.04. The third kappa shape index (κ3) is 4.84. The SMILES string of the molecule is CCCN(CC(=O)NC)c1cc(Br)ccc1CNC.